The first-order valence-electron chi connectivity index (χ1n) is 10.7. The summed E-state index contributed by atoms with van der Waals surface area (Å²) in [6, 6.07) is 9.39. The van der Waals surface area contributed by atoms with Crippen molar-refractivity contribution in [1.29, 1.82) is 0 Å². The molecule has 3 rings (SSSR count). The van der Waals surface area contributed by atoms with Crippen LogP contribution in [0, 0.1) is 20.8 Å². The van der Waals surface area contributed by atoms with Crippen molar-refractivity contribution in [3.63, 3.8) is 0 Å². The van der Waals surface area contributed by atoms with E-state index >= 15 is 0 Å². The van der Waals surface area contributed by atoms with E-state index in [0.29, 0.717) is 18.4 Å². The molecule has 1 aromatic carbocycles. The van der Waals surface area contributed by atoms with Gasteiger partial charge in [0.1, 0.15) is 0 Å². The van der Waals surface area contributed by atoms with Gasteiger partial charge in [-0.15, -0.1) is 0 Å². The molecule has 0 bridgehead atoms. The van der Waals surface area contributed by atoms with E-state index in [1.165, 1.54) is 0 Å². The van der Waals surface area contributed by atoms with Gasteiger partial charge in [-0.2, -0.15) is 4.57 Å². The van der Waals surface area contributed by atoms with Crippen LogP contribution in [0.15, 0.2) is 57.1 Å². The van der Waals surface area contributed by atoms with Gasteiger partial charge in [0.05, 0.1) is 11.5 Å². The van der Waals surface area contributed by atoms with Gasteiger partial charge >= 0.3 is 0 Å². The average molecular weight is 477 g/mol. The zero-order valence-electron chi connectivity index (χ0n) is 19.2. The van der Waals surface area contributed by atoms with Gasteiger partial charge in [0.15, 0.2) is 27.1 Å². The fourth-order valence-electron chi connectivity index (χ4n) is 3.82. The van der Waals surface area contributed by atoms with Crippen molar-refractivity contribution in [3.05, 3.63) is 59.4 Å². The van der Waals surface area contributed by atoms with Crippen molar-refractivity contribution in [3.8, 4) is 17.0 Å². The highest BCUT2D eigenvalue weighted by Gasteiger charge is 2.41. The normalized spacial score (nSPS) is 12.3. The standard InChI is InChI=1S/C24H30NO5S2/c1-6-13-31(26,27)23-21(25-12-8-9-18(4)16-25)22(20-11-10-17(3)15-19(20)5)30-24(23)32(28,29)14-7-2/h8-12,15-16H,6-7,13-14H2,1-5H3/q+1. The zero-order valence-corrected chi connectivity index (χ0v) is 20.8. The highest BCUT2D eigenvalue weighted by atomic mass is 32.2. The van der Waals surface area contributed by atoms with E-state index in [1.807, 2.05) is 45.0 Å². The summed E-state index contributed by atoms with van der Waals surface area (Å²) >= 11 is 0. The maximum Gasteiger partial charge on any atom is 0.277 e. The second-order valence-corrected chi connectivity index (χ2v) is 12.2. The highest BCUT2D eigenvalue weighted by Crippen LogP contribution is 2.40. The predicted octanol–water partition coefficient (Wildman–Crippen LogP) is 4.52. The van der Waals surface area contributed by atoms with Crippen molar-refractivity contribution in [2.24, 2.45) is 0 Å². The fraction of sp³-hybridized carbons (Fsp3) is 0.375. The first-order valence-corrected chi connectivity index (χ1v) is 14.0. The Bertz CT molecular complexity index is 1350. The minimum atomic E-state index is -3.95. The number of aryl methyl sites for hydroxylation is 3. The van der Waals surface area contributed by atoms with E-state index < -0.39 is 24.8 Å². The quantitative estimate of drug-likeness (QED) is 0.446. The molecule has 0 unspecified atom stereocenters. The lowest BCUT2D eigenvalue weighted by molar-refractivity contribution is -0.598. The number of nitrogens with zero attached hydrogens (tertiary/aromatic N) is 1. The van der Waals surface area contributed by atoms with Gasteiger partial charge in [-0.05, 0) is 45.2 Å². The Balaban J connectivity index is 2.53. The number of hydrogen-bond donors (Lipinski definition) is 0. The molecule has 0 radical (unpaired) electrons. The van der Waals surface area contributed by atoms with Crippen LogP contribution in [0.5, 0.6) is 0 Å². The molecule has 172 valence electrons. The van der Waals surface area contributed by atoms with E-state index in [4.69, 9.17) is 4.42 Å². The Morgan fingerprint density at radius 3 is 2.12 bits per heavy atom. The van der Waals surface area contributed by atoms with Gasteiger partial charge in [0, 0.05) is 17.2 Å². The van der Waals surface area contributed by atoms with Crippen LogP contribution in [-0.4, -0.2) is 28.3 Å². The molecule has 0 saturated heterocycles. The Morgan fingerprint density at radius 2 is 1.53 bits per heavy atom. The van der Waals surface area contributed by atoms with Gasteiger partial charge in [-0.3, -0.25) is 0 Å². The van der Waals surface area contributed by atoms with Gasteiger partial charge in [-0.1, -0.05) is 37.6 Å². The maximum absolute atomic E-state index is 13.4. The molecule has 0 aliphatic rings. The lowest BCUT2D eigenvalue weighted by atomic mass is 10.0. The van der Waals surface area contributed by atoms with Crippen LogP contribution >= 0.6 is 0 Å². The molecular weight excluding hydrogens is 446 g/mol. The molecule has 0 aliphatic carbocycles. The number of sulfone groups is 2. The number of furan rings is 1. The third-order valence-corrected chi connectivity index (χ3v) is 9.06. The summed E-state index contributed by atoms with van der Waals surface area (Å²) in [5, 5.41) is -0.466. The topological polar surface area (TPSA) is 85.3 Å². The molecule has 32 heavy (non-hydrogen) atoms. The minimum absolute atomic E-state index is 0.174. The molecule has 0 amide bonds. The lowest BCUT2D eigenvalue weighted by Crippen LogP contribution is -2.32. The molecule has 0 aliphatic heterocycles. The molecule has 2 heterocycles. The molecule has 8 heteroatoms. The number of aromatic nitrogens is 1. The van der Waals surface area contributed by atoms with E-state index in [1.54, 1.807) is 36.9 Å². The zero-order chi connectivity index (χ0) is 23.7. The molecule has 0 atom stereocenters. The molecule has 2 aromatic heterocycles. The Morgan fingerprint density at radius 1 is 0.875 bits per heavy atom. The van der Waals surface area contributed by atoms with Crippen LogP contribution < -0.4 is 4.57 Å². The maximum atomic E-state index is 13.4. The first-order chi connectivity index (χ1) is 15.0. The van der Waals surface area contributed by atoms with Gasteiger partial charge in [0.25, 0.3) is 5.69 Å². The van der Waals surface area contributed by atoms with Crippen LogP contribution in [0.1, 0.15) is 43.4 Å². The summed E-state index contributed by atoms with van der Waals surface area (Å²) in [6.07, 6.45) is 4.20. The van der Waals surface area contributed by atoms with Crippen molar-refractivity contribution in [1.82, 2.24) is 0 Å². The Hall–Kier alpha value is -2.45. The molecule has 6 nitrogen and oxygen atoms in total. The van der Waals surface area contributed by atoms with Gasteiger partial charge in [0.2, 0.25) is 20.7 Å². The number of hydrogen-bond acceptors (Lipinski definition) is 5. The molecule has 0 N–H and O–H groups in total. The van der Waals surface area contributed by atoms with Crippen molar-refractivity contribution < 1.29 is 25.8 Å². The lowest BCUT2D eigenvalue weighted by Gasteiger charge is -2.06. The summed E-state index contributed by atoms with van der Waals surface area (Å²) in [5.74, 6) is -0.130. The predicted molar refractivity (Wildman–Crippen MR) is 125 cm³/mol. The van der Waals surface area contributed by atoms with Crippen molar-refractivity contribution >= 4 is 19.7 Å². The average Bonchev–Trinajstić information content (AvgIpc) is 3.10. The molecule has 3 aromatic rings. The monoisotopic (exact) mass is 476 g/mol. The van der Waals surface area contributed by atoms with E-state index in [0.717, 1.165) is 16.7 Å². The first kappa shape index (κ1) is 24.2. The van der Waals surface area contributed by atoms with Crippen LogP contribution in [-0.2, 0) is 19.7 Å². The third kappa shape index (κ3) is 4.66. The molecule has 0 saturated carbocycles. The van der Waals surface area contributed by atoms with Crippen molar-refractivity contribution in [2.75, 3.05) is 11.5 Å². The van der Waals surface area contributed by atoms with Crippen LogP contribution in [0.2, 0.25) is 0 Å². The Kier molecular flexibility index (Phi) is 6.95. The fourth-order valence-corrected chi connectivity index (χ4v) is 7.42. The number of rotatable bonds is 8. The summed E-state index contributed by atoms with van der Waals surface area (Å²) < 4.78 is 60.9. The summed E-state index contributed by atoms with van der Waals surface area (Å²) in [5.41, 5.74) is 3.71. The highest BCUT2D eigenvalue weighted by molar-refractivity contribution is 7.94. The summed E-state index contributed by atoms with van der Waals surface area (Å²) in [7, 11) is -7.89. The minimum Gasteiger partial charge on any atom is -0.436 e. The molecule has 0 spiro atoms. The largest absolute Gasteiger partial charge is 0.436 e. The summed E-state index contributed by atoms with van der Waals surface area (Å²) in [4.78, 5) is -0.252. The van der Waals surface area contributed by atoms with Crippen molar-refractivity contribution in [2.45, 2.75) is 57.4 Å². The number of benzene rings is 1. The third-order valence-electron chi connectivity index (χ3n) is 5.18. The SMILES string of the molecule is CCCS(=O)(=O)c1oc(-c2ccc(C)cc2C)c(-[n+]2cccc(C)c2)c1S(=O)(=O)CCC. The Labute approximate surface area is 190 Å². The van der Waals surface area contributed by atoms with Gasteiger partial charge in [-0.25, -0.2) is 16.8 Å². The van der Waals surface area contributed by atoms with Gasteiger partial charge < -0.3 is 4.42 Å². The van der Waals surface area contributed by atoms with E-state index in [-0.39, 0.29) is 27.8 Å². The van der Waals surface area contributed by atoms with E-state index in [2.05, 4.69) is 0 Å². The van der Waals surface area contributed by atoms with Crippen LogP contribution in [0.4, 0.5) is 0 Å². The second kappa shape index (κ2) is 9.19. The van der Waals surface area contributed by atoms with Crippen LogP contribution in [0.3, 0.4) is 0 Å². The van der Waals surface area contributed by atoms with E-state index in [9.17, 15) is 16.8 Å². The molecular formula is C24H30NO5S2+. The van der Waals surface area contributed by atoms with Crippen LogP contribution in [0.25, 0.3) is 17.0 Å². The smallest absolute Gasteiger partial charge is 0.277 e. The second-order valence-electron chi connectivity index (χ2n) is 8.14. The summed E-state index contributed by atoms with van der Waals surface area (Å²) in [6.45, 7) is 9.24. The molecule has 0 fully saturated rings. The number of pyridine rings is 1.